The number of aromatic hydroxyl groups is 3. The zero-order chi connectivity index (χ0) is 61.0. The van der Waals surface area contributed by atoms with Gasteiger partial charge in [-0.2, -0.15) is 5.10 Å². The summed E-state index contributed by atoms with van der Waals surface area (Å²) in [7, 11) is 1.42. The topological polar surface area (TPSA) is 288 Å². The highest BCUT2D eigenvalue weighted by molar-refractivity contribution is 6.24. The normalized spacial score (nSPS) is 27.4. The number of nitrogens with zero attached hydrogens (tertiary/aromatic N) is 4. The van der Waals surface area contributed by atoms with Crippen LogP contribution in [0.3, 0.4) is 0 Å². The molecule has 7 N–H and O–H groups in total. The summed E-state index contributed by atoms with van der Waals surface area (Å²) in [4.78, 5) is 68.4. The van der Waals surface area contributed by atoms with Crippen molar-refractivity contribution in [3.8, 4) is 23.0 Å². The van der Waals surface area contributed by atoms with E-state index in [4.69, 9.17) is 23.7 Å². The summed E-state index contributed by atoms with van der Waals surface area (Å²) in [5.41, 5.74) is 0.457. The lowest BCUT2D eigenvalue weighted by Crippen LogP contribution is -2.46. The summed E-state index contributed by atoms with van der Waals surface area (Å²) < 4.78 is 47.4. The largest absolute Gasteiger partial charge is 0.507 e. The van der Waals surface area contributed by atoms with Gasteiger partial charge >= 0.3 is 17.7 Å². The Hall–Kier alpha value is -7.53. The Morgan fingerprint density at radius 3 is 2.26 bits per heavy atom. The number of benzene rings is 2. The second-order valence-electron chi connectivity index (χ2n) is 23.5. The number of ether oxygens (including phenoxy) is 5. The monoisotopic (exact) mass is 1170 g/mol. The number of carboxylic acid groups (broad SMARTS) is 1. The molecule has 21 nitrogen and oxygen atoms in total. The number of aryl methyl sites for hydroxylation is 1. The summed E-state index contributed by atoms with van der Waals surface area (Å²) >= 11 is 0. The van der Waals surface area contributed by atoms with Gasteiger partial charge in [-0.25, -0.2) is 9.18 Å². The van der Waals surface area contributed by atoms with E-state index in [-0.39, 0.29) is 68.0 Å². The molecule has 7 heterocycles. The van der Waals surface area contributed by atoms with Crippen molar-refractivity contribution in [2.75, 3.05) is 50.1 Å². The molecule has 1 saturated carbocycles. The minimum absolute atomic E-state index is 0.0116. The lowest BCUT2D eigenvalue weighted by atomic mass is 9.78. The molecule has 4 aromatic rings. The van der Waals surface area contributed by atoms with E-state index in [2.05, 4.69) is 10.4 Å². The van der Waals surface area contributed by atoms with E-state index >= 15 is 4.39 Å². The number of amides is 1. The molecule has 0 radical (unpaired) electrons. The van der Waals surface area contributed by atoms with Gasteiger partial charge in [0.1, 0.15) is 28.9 Å². The molecule has 0 spiro atoms. The third-order valence-electron chi connectivity index (χ3n) is 17.7. The first-order chi connectivity index (χ1) is 39.8. The first kappa shape index (κ1) is 61.0. The number of Topliss-reactive ketones (excluding diaryl/α,β-unsaturated/α-hetero) is 1. The molecule has 3 fully saturated rings. The number of anilines is 2. The Bertz CT molecular complexity index is 3470. The molecule has 10 rings (SSSR count). The van der Waals surface area contributed by atoms with Crippen molar-refractivity contribution in [1.82, 2.24) is 9.41 Å². The predicted molar refractivity (Wildman–Crippen MR) is 310 cm³/mol. The molecular formula is C62H76FN5O16. The molecule has 2 aromatic heterocycles. The van der Waals surface area contributed by atoms with Crippen LogP contribution in [0.15, 0.2) is 58.3 Å². The first-order valence-corrected chi connectivity index (χ1v) is 28.6. The number of phenols is 3. The number of ketones is 1. The maximum absolute atomic E-state index is 16.0. The lowest BCUT2D eigenvalue weighted by molar-refractivity contribution is -0.160. The van der Waals surface area contributed by atoms with Gasteiger partial charge in [0, 0.05) is 93.2 Å². The molecule has 1 amide bonds. The fourth-order valence-corrected chi connectivity index (χ4v) is 12.5. The van der Waals surface area contributed by atoms with Crippen molar-refractivity contribution >= 4 is 57.5 Å². The number of aromatic carboxylic acids is 1. The number of aliphatic hydroxyl groups excluding tert-OH is 2. The number of hydrazone groups is 1. The number of pyridine rings is 2. The lowest BCUT2D eigenvalue weighted by Gasteiger charge is -2.38. The minimum atomic E-state index is -2.11. The highest BCUT2D eigenvalue weighted by Gasteiger charge is 2.50. The van der Waals surface area contributed by atoms with Crippen LogP contribution >= 0.6 is 0 Å². The average molecular weight is 1170 g/mol. The number of fused-ring (bicyclic) bond motifs is 15. The summed E-state index contributed by atoms with van der Waals surface area (Å²) in [5, 5.41) is 77.8. The molecule has 1 aliphatic carbocycles. The maximum atomic E-state index is 16.0. The number of rotatable bonds is 10. The van der Waals surface area contributed by atoms with Gasteiger partial charge in [0.05, 0.1) is 83.1 Å². The highest BCUT2D eigenvalue weighted by Crippen LogP contribution is 2.55. The van der Waals surface area contributed by atoms with E-state index in [1.807, 2.05) is 4.90 Å². The fraction of sp³-hybridized carbons (Fsp3) is 0.516. The van der Waals surface area contributed by atoms with Gasteiger partial charge < -0.3 is 64.5 Å². The van der Waals surface area contributed by atoms with E-state index < -0.39 is 106 Å². The molecular weight excluding hydrogens is 1090 g/mol. The Balaban J connectivity index is 0.974. The number of carbonyl (C=O) groups excluding carboxylic acids is 3. The second kappa shape index (κ2) is 24.2. The number of nitrogens with one attached hydrogen (secondary N) is 1. The number of esters is 1. The van der Waals surface area contributed by atoms with Crippen LogP contribution in [-0.2, 0) is 28.5 Å². The number of methoxy groups -OCH3 is 1. The SMILES string of the molecule is CO[C@H]1C=CO[C@@]2(C)Oc3c(C)c(O)c4c(O)c(c(C=NN5CCC(OCC6CCN(c7c(F)cn8c(=O)c(C(=O)O)cc(C9CC9)c8c7C)C6)CC5)c(O)c4c3C2=O)NC(=O)C(C)=CC=C[C@H](C)[C@H](O)[C@@H](C)[C@@H](O)[C@@H](C)[C@H](OC(C)=O)[C@@H]1C. The van der Waals surface area contributed by atoms with Crippen molar-refractivity contribution in [2.24, 2.45) is 34.7 Å². The number of aliphatic hydroxyl groups is 2. The smallest absolute Gasteiger partial charge is 0.341 e. The molecule has 1 unspecified atom stereocenters. The minimum Gasteiger partial charge on any atom is -0.507 e. The summed E-state index contributed by atoms with van der Waals surface area (Å²) in [6, 6.07) is 1.45. The molecule has 84 heavy (non-hydrogen) atoms. The summed E-state index contributed by atoms with van der Waals surface area (Å²) in [6.45, 7) is 16.4. The first-order valence-electron chi connectivity index (χ1n) is 28.6. The number of piperidine rings is 1. The van der Waals surface area contributed by atoms with Gasteiger partial charge in [0.25, 0.3) is 17.2 Å². The Morgan fingerprint density at radius 2 is 1.61 bits per heavy atom. The van der Waals surface area contributed by atoms with Crippen LogP contribution in [0.4, 0.5) is 15.8 Å². The number of halogens is 1. The van der Waals surface area contributed by atoms with Crippen molar-refractivity contribution in [3.63, 3.8) is 0 Å². The maximum Gasteiger partial charge on any atom is 0.341 e. The van der Waals surface area contributed by atoms with Crippen LogP contribution in [0.5, 0.6) is 23.0 Å². The van der Waals surface area contributed by atoms with Crippen LogP contribution in [0.25, 0.3) is 16.3 Å². The number of carboxylic acids is 1. The molecule has 2 saturated heterocycles. The van der Waals surface area contributed by atoms with Crippen LogP contribution in [-0.4, -0.2) is 146 Å². The molecule has 5 aliphatic heterocycles. The fourth-order valence-electron chi connectivity index (χ4n) is 12.5. The van der Waals surface area contributed by atoms with Crippen molar-refractivity contribution < 1.29 is 77.9 Å². The number of hydrogen-bond acceptors (Lipinski definition) is 18. The number of hydrogen-bond donors (Lipinski definition) is 7. The third-order valence-corrected chi connectivity index (χ3v) is 17.7. The molecule has 2 aromatic carbocycles. The standard InChI is InChI=1S/C62H76FN5O16/c1-29-12-11-13-30(2)59(76)65-48-42(25-64-67-21-17-39(18-22-67)81-28-37-16-20-66(26-37)50-32(4)49-40(38-14-15-38)24-41(61(78)79)60(77)68(49)27-43(50)63)54(73)45-46(55(48)74)53(72)35(7)57-47(45)58(75)62(9,84-57)82-23-19-44(80-10)31(3)56(83-36(8)69)34(6)52(71)33(5)51(29)70/h11-13,19,23-25,27,29,31,33-34,37-39,44,51-52,56,70-74H,14-18,20-22,26,28H2,1-10H3,(H,65,76)(H,78,79)/t29-,31+,33+,34+,37?,44-,51-,52+,56+,62-/m0/s1. The van der Waals surface area contributed by atoms with Gasteiger partial charge in [0.15, 0.2) is 11.6 Å². The van der Waals surface area contributed by atoms with E-state index in [1.165, 1.54) is 65.5 Å². The third kappa shape index (κ3) is 11.6. The van der Waals surface area contributed by atoms with E-state index in [0.29, 0.717) is 62.4 Å². The number of carbonyl (C=O) groups is 4. The van der Waals surface area contributed by atoms with Gasteiger partial charge in [-0.3, -0.25) is 28.6 Å². The Morgan fingerprint density at radius 1 is 0.905 bits per heavy atom. The molecule has 10 atom stereocenters. The van der Waals surface area contributed by atoms with E-state index in [0.717, 1.165) is 35.4 Å². The summed E-state index contributed by atoms with van der Waals surface area (Å²) in [6.07, 6.45) is 9.03. The number of phenolic OH excluding ortho intramolecular Hbond substituents is 3. The number of aromatic nitrogens is 1. The summed E-state index contributed by atoms with van der Waals surface area (Å²) in [5.74, 6) is -10.7. The Kier molecular flexibility index (Phi) is 17.6. The van der Waals surface area contributed by atoms with Gasteiger partial charge in [0.2, 0.25) is 0 Å². The quantitative estimate of drug-likeness (QED) is 0.0346. The van der Waals surface area contributed by atoms with Crippen molar-refractivity contribution in [3.05, 3.63) is 98.0 Å². The van der Waals surface area contributed by atoms with Crippen molar-refractivity contribution in [1.29, 1.82) is 0 Å². The average Bonchev–Trinajstić information content (AvgIpc) is 2.13. The van der Waals surface area contributed by atoms with E-state index in [1.54, 1.807) is 51.8 Å². The van der Waals surface area contributed by atoms with E-state index in [9.17, 15) is 54.6 Å². The number of allylic oxidation sites excluding steroid dienone is 2. The Labute approximate surface area is 485 Å². The molecule has 452 valence electrons. The van der Waals surface area contributed by atoms with Crippen LogP contribution < -0.4 is 20.5 Å². The zero-order valence-electron chi connectivity index (χ0n) is 49.0. The van der Waals surface area contributed by atoms with Gasteiger partial charge in [-0.1, -0.05) is 45.9 Å². The highest BCUT2D eigenvalue weighted by atomic mass is 19.1. The molecule has 6 aliphatic rings. The van der Waals surface area contributed by atoms with Gasteiger partial charge in [-0.05, 0) is 82.1 Å². The predicted octanol–water partition coefficient (Wildman–Crippen LogP) is 7.73. The van der Waals surface area contributed by atoms with Crippen LogP contribution in [0, 0.1) is 49.3 Å². The van der Waals surface area contributed by atoms with Crippen LogP contribution in [0.2, 0.25) is 0 Å². The van der Waals surface area contributed by atoms with Gasteiger partial charge in [-0.15, -0.1) is 0 Å². The van der Waals surface area contributed by atoms with Crippen molar-refractivity contribution in [2.45, 2.75) is 137 Å². The van der Waals surface area contributed by atoms with Crippen LogP contribution in [0.1, 0.15) is 129 Å². The molecule has 22 heteroatoms. The molecule has 5 bridgehead atoms. The zero-order valence-corrected chi connectivity index (χ0v) is 49.0. The second-order valence-corrected chi connectivity index (χ2v) is 23.5.